The van der Waals surface area contributed by atoms with Crippen LogP contribution in [0, 0.1) is 20.2 Å². The van der Waals surface area contributed by atoms with Crippen LogP contribution in [0.25, 0.3) is 0 Å². The highest BCUT2D eigenvalue weighted by molar-refractivity contribution is 6.67. The number of halogens is 1. The maximum Gasteiger partial charge on any atom is 0.269 e. The van der Waals surface area contributed by atoms with Gasteiger partial charge in [0.05, 0.1) is 9.85 Å². The van der Waals surface area contributed by atoms with Crippen LogP contribution in [0.4, 0.5) is 22.7 Å². The summed E-state index contributed by atoms with van der Waals surface area (Å²) in [5, 5.41) is 22.7. The average molecular weight is 521 g/mol. The van der Waals surface area contributed by atoms with E-state index in [0.717, 1.165) is 5.69 Å². The molecule has 3 N–H and O–H groups in total. The standard InChI is InChI=1S/C13H10N2O3.C7H4ClNO3.C6H7N/c16-13(14-11-4-2-1-3-5-11)10-6-8-12(9-7-10)15(17)18;8-7(10)5-1-3-6(4-2-5)9(11)12;7-6-4-2-1-3-5-6/h1-9H,(H,14,16);1-4H;1-5H,7H2. The van der Waals surface area contributed by atoms with E-state index in [1.807, 2.05) is 48.5 Å². The summed E-state index contributed by atoms with van der Waals surface area (Å²) in [7, 11) is 0. The molecule has 188 valence electrons. The Bertz CT molecular complexity index is 1300. The number of non-ortho nitro benzene ring substituents is 2. The zero-order valence-corrected chi connectivity index (χ0v) is 19.9. The van der Waals surface area contributed by atoms with Crippen molar-refractivity contribution in [3.63, 3.8) is 0 Å². The maximum absolute atomic E-state index is 11.8. The lowest BCUT2D eigenvalue weighted by molar-refractivity contribution is -0.385. The third-order valence-electron chi connectivity index (χ3n) is 4.48. The Kier molecular flexibility index (Phi) is 10.9. The highest BCUT2D eigenvalue weighted by Gasteiger charge is 2.09. The zero-order valence-electron chi connectivity index (χ0n) is 19.2. The molecule has 37 heavy (non-hydrogen) atoms. The zero-order chi connectivity index (χ0) is 27.2. The number of hydrogen-bond donors (Lipinski definition) is 2. The minimum atomic E-state index is -0.620. The Morgan fingerprint density at radius 3 is 1.41 bits per heavy atom. The summed E-state index contributed by atoms with van der Waals surface area (Å²) in [6.45, 7) is 0. The highest BCUT2D eigenvalue weighted by Crippen LogP contribution is 2.14. The Hall–Kier alpha value is -5.09. The average Bonchev–Trinajstić information content (AvgIpc) is 2.90. The van der Waals surface area contributed by atoms with Gasteiger partial charge < -0.3 is 11.1 Å². The molecule has 11 heteroatoms. The smallest absolute Gasteiger partial charge is 0.269 e. The second kappa shape index (κ2) is 14.3. The number of anilines is 2. The Morgan fingerprint density at radius 1 is 0.649 bits per heavy atom. The molecular formula is C26H21ClN4O6. The van der Waals surface area contributed by atoms with E-state index in [2.05, 4.69) is 5.32 Å². The van der Waals surface area contributed by atoms with E-state index in [-0.39, 0.29) is 22.8 Å². The molecule has 0 unspecified atom stereocenters. The molecule has 4 rings (SSSR count). The number of rotatable bonds is 5. The summed E-state index contributed by atoms with van der Waals surface area (Å²) in [6, 6.07) is 29.0. The third-order valence-corrected chi connectivity index (χ3v) is 4.69. The van der Waals surface area contributed by atoms with Gasteiger partial charge in [0.1, 0.15) is 0 Å². The van der Waals surface area contributed by atoms with Crippen LogP contribution in [-0.4, -0.2) is 21.0 Å². The second-order valence-electron chi connectivity index (χ2n) is 7.11. The molecule has 0 fully saturated rings. The summed E-state index contributed by atoms with van der Waals surface area (Å²) in [6.07, 6.45) is 0. The molecule has 0 aromatic heterocycles. The molecule has 0 spiro atoms. The number of carbonyl (C=O) groups excluding carboxylic acids is 2. The monoisotopic (exact) mass is 520 g/mol. The van der Waals surface area contributed by atoms with Crippen LogP contribution in [0.3, 0.4) is 0 Å². The Morgan fingerprint density at radius 2 is 1.05 bits per heavy atom. The predicted molar refractivity (Wildman–Crippen MR) is 142 cm³/mol. The van der Waals surface area contributed by atoms with Crippen LogP contribution in [-0.2, 0) is 0 Å². The summed E-state index contributed by atoms with van der Waals surface area (Å²) in [4.78, 5) is 41.9. The molecule has 4 aromatic rings. The number of nitrogen functional groups attached to an aromatic ring is 1. The molecule has 0 aliphatic rings. The topological polar surface area (TPSA) is 158 Å². The van der Waals surface area contributed by atoms with Crippen LogP contribution < -0.4 is 11.1 Å². The number of hydrogen-bond acceptors (Lipinski definition) is 7. The van der Waals surface area contributed by atoms with Gasteiger partial charge in [0.25, 0.3) is 22.5 Å². The molecule has 1 amide bonds. The number of nitro benzene ring substituents is 2. The van der Waals surface area contributed by atoms with Crippen molar-refractivity contribution in [2.45, 2.75) is 0 Å². The Labute approximate surface area is 216 Å². The van der Waals surface area contributed by atoms with Gasteiger partial charge in [-0.25, -0.2) is 0 Å². The Balaban J connectivity index is 0.000000217. The quantitative estimate of drug-likeness (QED) is 0.139. The molecule has 0 radical (unpaired) electrons. The maximum atomic E-state index is 11.8. The number of nitrogens with zero attached hydrogens (tertiary/aromatic N) is 2. The molecule has 10 nitrogen and oxygen atoms in total. The highest BCUT2D eigenvalue weighted by atomic mass is 35.5. The number of nitrogens with one attached hydrogen (secondary N) is 1. The fourth-order valence-electron chi connectivity index (χ4n) is 2.63. The molecular weight excluding hydrogens is 500 g/mol. The van der Waals surface area contributed by atoms with E-state index in [9.17, 15) is 29.8 Å². The van der Waals surface area contributed by atoms with Crippen molar-refractivity contribution in [1.29, 1.82) is 0 Å². The van der Waals surface area contributed by atoms with Crippen molar-refractivity contribution in [2.75, 3.05) is 11.1 Å². The van der Waals surface area contributed by atoms with Crippen molar-refractivity contribution in [3.05, 3.63) is 141 Å². The van der Waals surface area contributed by atoms with Crippen LogP contribution in [0.15, 0.2) is 109 Å². The molecule has 0 bridgehead atoms. The first-order valence-electron chi connectivity index (χ1n) is 10.5. The fraction of sp³-hybridized carbons (Fsp3) is 0. The molecule has 0 saturated carbocycles. The number of benzene rings is 4. The van der Waals surface area contributed by atoms with Crippen molar-refractivity contribution in [3.8, 4) is 0 Å². The first-order chi connectivity index (χ1) is 17.7. The number of nitrogens with two attached hydrogens (primary N) is 1. The lowest BCUT2D eigenvalue weighted by Gasteiger charge is -2.04. The van der Waals surface area contributed by atoms with E-state index in [1.165, 1.54) is 48.5 Å². The van der Waals surface area contributed by atoms with Gasteiger partial charge >= 0.3 is 0 Å². The predicted octanol–water partition coefficient (Wildman–Crippen LogP) is 6.09. The lowest BCUT2D eigenvalue weighted by atomic mass is 10.2. The molecule has 0 aliphatic carbocycles. The van der Waals surface area contributed by atoms with Crippen molar-refractivity contribution >= 4 is 45.5 Å². The molecule has 4 aromatic carbocycles. The normalized spacial score (nSPS) is 9.43. The first-order valence-corrected chi connectivity index (χ1v) is 10.9. The van der Waals surface area contributed by atoms with E-state index in [1.54, 1.807) is 12.1 Å². The summed E-state index contributed by atoms with van der Waals surface area (Å²) in [5.41, 5.74) is 7.40. The number of para-hydroxylation sites is 2. The minimum Gasteiger partial charge on any atom is -0.399 e. The number of nitro groups is 2. The number of amides is 1. The fourth-order valence-corrected chi connectivity index (χ4v) is 2.75. The SMILES string of the molecule is Nc1ccccc1.O=C(Cl)c1ccc([N+](=O)[O-])cc1.O=C(Nc1ccccc1)c1ccc([N+](=O)[O-])cc1. The van der Waals surface area contributed by atoms with Gasteiger partial charge in [0, 0.05) is 46.8 Å². The van der Waals surface area contributed by atoms with E-state index < -0.39 is 15.1 Å². The minimum absolute atomic E-state index is 0.0359. The summed E-state index contributed by atoms with van der Waals surface area (Å²) < 4.78 is 0. The molecule has 0 heterocycles. The van der Waals surface area contributed by atoms with Gasteiger partial charge in [-0.15, -0.1) is 0 Å². The van der Waals surface area contributed by atoms with Crippen LogP contribution in [0.1, 0.15) is 20.7 Å². The second-order valence-corrected chi connectivity index (χ2v) is 7.46. The van der Waals surface area contributed by atoms with Gasteiger partial charge in [-0.1, -0.05) is 36.4 Å². The summed E-state index contributed by atoms with van der Waals surface area (Å²) >= 11 is 5.13. The number of carbonyl (C=O) groups is 2. The van der Waals surface area contributed by atoms with Gasteiger partial charge in [0.15, 0.2) is 0 Å². The van der Waals surface area contributed by atoms with Gasteiger partial charge in [-0.2, -0.15) is 0 Å². The molecule has 0 atom stereocenters. The van der Waals surface area contributed by atoms with Crippen LogP contribution in [0.2, 0.25) is 0 Å². The van der Waals surface area contributed by atoms with Crippen molar-refractivity contribution in [2.24, 2.45) is 0 Å². The van der Waals surface area contributed by atoms with Crippen LogP contribution in [0.5, 0.6) is 0 Å². The van der Waals surface area contributed by atoms with Crippen molar-refractivity contribution < 1.29 is 19.4 Å². The lowest BCUT2D eigenvalue weighted by Crippen LogP contribution is -2.11. The molecule has 0 aliphatic heterocycles. The van der Waals surface area contributed by atoms with E-state index >= 15 is 0 Å². The first kappa shape index (κ1) is 28.1. The van der Waals surface area contributed by atoms with E-state index in [4.69, 9.17) is 17.3 Å². The largest absolute Gasteiger partial charge is 0.399 e. The summed E-state index contributed by atoms with van der Waals surface area (Å²) in [5.74, 6) is -0.295. The van der Waals surface area contributed by atoms with Crippen molar-refractivity contribution in [1.82, 2.24) is 0 Å². The van der Waals surface area contributed by atoms with Crippen LogP contribution >= 0.6 is 11.6 Å². The molecule has 0 saturated heterocycles. The van der Waals surface area contributed by atoms with Gasteiger partial charge in [-0.3, -0.25) is 29.8 Å². The van der Waals surface area contributed by atoms with Gasteiger partial charge in [-0.05, 0) is 60.1 Å². The van der Waals surface area contributed by atoms with E-state index in [0.29, 0.717) is 11.3 Å². The van der Waals surface area contributed by atoms with Gasteiger partial charge in [0.2, 0.25) is 0 Å². The third kappa shape index (κ3) is 9.97.